The molecule has 10 heteroatoms. The highest BCUT2D eigenvalue weighted by atomic mass is 127. The van der Waals surface area contributed by atoms with Gasteiger partial charge in [-0.1, -0.05) is 17.7 Å². The van der Waals surface area contributed by atoms with E-state index in [4.69, 9.17) is 9.47 Å². The summed E-state index contributed by atoms with van der Waals surface area (Å²) in [4.78, 5) is 13.3. The number of aryl methyl sites for hydroxylation is 1. The molecule has 1 heterocycles. The average Bonchev–Trinajstić information content (AvgIpc) is 2.78. The summed E-state index contributed by atoms with van der Waals surface area (Å²) in [5.74, 6) is 0.562. The van der Waals surface area contributed by atoms with Crippen LogP contribution in [-0.2, 0) is 24.3 Å². The number of ether oxygens (including phenoxy) is 2. The van der Waals surface area contributed by atoms with Crippen molar-refractivity contribution in [2.75, 3.05) is 25.3 Å². The van der Waals surface area contributed by atoms with Crippen LogP contribution in [0.1, 0.15) is 5.56 Å². The quantitative estimate of drug-likeness (QED) is 0.339. The molecule has 0 atom stereocenters. The lowest BCUT2D eigenvalue weighted by Gasteiger charge is -2.15. The van der Waals surface area contributed by atoms with Crippen LogP contribution in [0.2, 0.25) is 0 Å². The first kappa shape index (κ1) is 24.5. The number of hydrogen-bond acceptors (Lipinski definition) is 6. The molecular weight excluding hydrogens is 563 g/mol. The molecule has 3 rings (SSSR count). The number of benzene rings is 2. The topological polar surface area (TPSA) is 93.7 Å². The Morgan fingerprint density at radius 3 is 2.31 bits per heavy atom. The van der Waals surface area contributed by atoms with Gasteiger partial charge in [0, 0.05) is 10.6 Å². The number of thioether (sulfide) groups is 1. The maximum atomic E-state index is 12.8. The van der Waals surface area contributed by atoms with Crippen molar-refractivity contribution < 1.29 is 22.7 Å². The number of carbonyl (C=O) groups excluding carboxylic acids is 1. The number of allylic oxidation sites excluding steroid dienone is 2. The Morgan fingerprint density at radius 2 is 1.69 bits per heavy atom. The SMILES string of the molecule is COC1=CC=C(OC)C(NS(=O)(=O)c2ccc(NC(=O)CSc3ccc(C)cc3)cc2)=I1. The third-order valence-corrected chi connectivity index (χ3v) is 9.66. The van der Waals surface area contributed by atoms with Crippen LogP contribution in [0, 0.1) is 6.92 Å². The Bertz CT molecular complexity index is 1170. The summed E-state index contributed by atoms with van der Waals surface area (Å²) in [6.45, 7) is 2.01. The lowest BCUT2D eigenvalue weighted by Crippen LogP contribution is -2.31. The number of carbonyl (C=O) groups is 1. The van der Waals surface area contributed by atoms with Crippen molar-refractivity contribution >= 4 is 57.7 Å². The Labute approximate surface area is 202 Å². The molecule has 1 aliphatic rings. The molecule has 0 saturated carbocycles. The summed E-state index contributed by atoms with van der Waals surface area (Å²) in [5, 5.41) is 2.79. The first-order valence-corrected chi connectivity index (χ1v) is 14.1. The Kier molecular flexibility index (Phi) is 8.51. The van der Waals surface area contributed by atoms with Crippen molar-refractivity contribution in [2.24, 2.45) is 0 Å². The molecule has 0 unspecified atom stereocenters. The normalized spacial score (nSPS) is 13.8. The molecule has 0 radical (unpaired) electrons. The average molecular weight is 586 g/mol. The molecule has 2 aromatic carbocycles. The summed E-state index contributed by atoms with van der Waals surface area (Å²) >= 11 is 0.584. The highest BCUT2D eigenvalue weighted by Gasteiger charge is 2.21. The Balaban J connectivity index is 1.62. The fourth-order valence-electron chi connectivity index (χ4n) is 2.59. The number of sulfonamides is 1. The molecule has 0 saturated heterocycles. The molecule has 0 bridgehead atoms. The van der Waals surface area contributed by atoms with Crippen molar-refractivity contribution in [3.8, 4) is 0 Å². The van der Waals surface area contributed by atoms with Crippen LogP contribution in [0.15, 0.2) is 80.0 Å². The molecule has 7 nitrogen and oxygen atoms in total. The summed E-state index contributed by atoms with van der Waals surface area (Å²) in [7, 11) is -0.768. The maximum absolute atomic E-state index is 12.8. The van der Waals surface area contributed by atoms with Crippen molar-refractivity contribution in [3.05, 3.63) is 75.8 Å². The molecule has 0 aromatic heterocycles. The van der Waals surface area contributed by atoms with E-state index in [1.165, 1.54) is 31.0 Å². The van der Waals surface area contributed by atoms with Crippen molar-refractivity contribution in [2.45, 2.75) is 16.7 Å². The second-order valence-electron chi connectivity index (χ2n) is 6.60. The number of hydrogen-bond donors (Lipinski definition) is 2. The largest absolute Gasteiger partial charge is 0.495 e. The maximum Gasteiger partial charge on any atom is 0.245 e. The molecule has 170 valence electrons. The molecule has 0 spiro atoms. The summed E-state index contributed by atoms with van der Waals surface area (Å²) in [6.07, 6.45) is 3.45. The van der Waals surface area contributed by atoms with E-state index in [2.05, 4.69) is 10.0 Å². The zero-order valence-corrected chi connectivity index (χ0v) is 21.5. The van der Waals surface area contributed by atoms with E-state index >= 15 is 0 Å². The van der Waals surface area contributed by atoms with Gasteiger partial charge in [-0.05, 0) is 76.2 Å². The number of anilines is 1. The van der Waals surface area contributed by atoms with Crippen LogP contribution in [-0.4, -0.2) is 37.9 Å². The van der Waals surface area contributed by atoms with Crippen LogP contribution in [0.5, 0.6) is 0 Å². The van der Waals surface area contributed by atoms with E-state index in [0.717, 1.165) is 14.2 Å². The van der Waals surface area contributed by atoms with Crippen molar-refractivity contribution in [3.63, 3.8) is 0 Å². The fourth-order valence-corrected chi connectivity index (χ4v) is 7.26. The van der Waals surface area contributed by atoms with Gasteiger partial charge in [-0.25, -0.2) is 8.42 Å². The minimum atomic E-state index is -3.81. The number of amides is 1. The number of halogens is 1. The molecule has 32 heavy (non-hydrogen) atoms. The van der Waals surface area contributed by atoms with Crippen LogP contribution in [0.4, 0.5) is 5.69 Å². The zero-order chi connectivity index (χ0) is 23.1. The summed E-state index contributed by atoms with van der Waals surface area (Å²) < 4.78 is 40.0. The second kappa shape index (κ2) is 11.1. The summed E-state index contributed by atoms with van der Waals surface area (Å²) in [5.41, 5.74) is 1.69. The fraction of sp³-hybridized carbons (Fsp3) is 0.182. The van der Waals surface area contributed by atoms with Crippen LogP contribution in [0.3, 0.4) is 0 Å². The van der Waals surface area contributed by atoms with Gasteiger partial charge < -0.3 is 14.8 Å². The van der Waals surface area contributed by atoms with E-state index < -0.39 is 30.8 Å². The second-order valence-corrected chi connectivity index (χ2v) is 12.0. The lowest BCUT2D eigenvalue weighted by atomic mass is 10.2. The van der Waals surface area contributed by atoms with Crippen LogP contribution < -0.4 is 10.0 Å². The Hall–Kier alpha value is -2.15. The minimum Gasteiger partial charge on any atom is -0.495 e. The molecule has 2 aromatic rings. The van der Waals surface area contributed by atoms with Gasteiger partial charge in [0.05, 0.1) is 24.9 Å². The third kappa shape index (κ3) is 6.67. The molecule has 0 aliphatic carbocycles. The molecular formula is C22H23IN2O5S2. The lowest BCUT2D eigenvalue weighted by molar-refractivity contribution is -0.113. The van der Waals surface area contributed by atoms with Gasteiger partial charge in [-0.15, -0.1) is 11.8 Å². The van der Waals surface area contributed by atoms with E-state index in [1.54, 1.807) is 31.4 Å². The van der Waals surface area contributed by atoms with Gasteiger partial charge in [0.2, 0.25) is 15.9 Å². The number of nitrogens with one attached hydrogen (secondary N) is 2. The van der Waals surface area contributed by atoms with E-state index in [0.29, 0.717) is 15.1 Å². The van der Waals surface area contributed by atoms with Gasteiger partial charge in [0.15, 0.2) is 3.77 Å². The highest BCUT2D eigenvalue weighted by molar-refractivity contribution is 14.2. The van der Waals surface area contributed by atoms with E-state index in [9.17, 15) is 13.2 Å². The van der Waals surface area contributed by atoms with E-state index in [1.807, 2.05) is 31.2 Å². The van der Waals surface area contributed by atoms with Gasteiger partial charge >= 0.3 is 0 Å². The number of methoxy groups -OCH3 is 2. The first-order chi connectivity index (χ1) is 15.3. The van der Waals surface area contributed by atoms with Crippen LogP contribution in [0.25, 0.3) is 0 Å². The predicted octanol–water partition coefficient (Wildman–Crippen LogP) is 4.14. The predicted molar refractivity (Wildman–Crippen MR) is 137 cm³/mol. The minimum absolute atomic E-state index is 0.0880. The monoisotopic (exact) mass is 586 g/mol. The molecule has 0 fully saturated rings. The van der Waals surface area contributed by atoms with Gasteiger partial charge in [0.1, 0.15) is 9.39 Å². The number of rotatable bonds is 9. The molecule has 2 N–H and O–H groups in total. The van der Waals surface area contributed by atoms with Gasteiger partial charge in [-0.3, -0.25) is 4.79 Å². The van der Waals surface area contributed by atoms with Gasteiger partial charge in [-0.2, -0.15) is 4.72 Å². The molecule has 1 amide bonds. The smallest absolute Gasteiger partial charge is 0.245 e. The summed E-state index contributed by atoms with van der Waals surface area (Å²) in [6, 6.07) is 14.0. The molecule has 1 aliphatic heterocycles. The highest BCUT2D eigenvalue weighted by Crippen LogP contribution is 2.26. The van der Waals surface area contributed by atoms with Crippen LogP contribution >= 0.6 is 32.5 Å². The Morgan fingerprint density at radius 1 is 1.00 bits per heavy atom. The zero-order valence-electron chi connectivity index (χ0n) is 17.7. The third-order valence-electron chi connectivity index (χ3n) is 4.25. The van der Waals surface area contributed by atoms with Crippen molar-refractivity contribution in [1.82, 2.24) is 4.72 Å². The van der Waals surface area contributed by atoms with Crippen molar-refractivity contribution in [1.29, 1.82) is 0 Å². The van der Waals surface area contributed by atoms with E-state index in [-0.39, 0.29) is 16.6 Å². The van der Waals surface area contributed by atoms with Gasteiger partial charge in [0.25, 0.3) is 0 Å². The standard InChI is InChI=1S/C22H23IN2O5S2/c1-15-4-8-17(9-5-15)31-14-21(26)24-16-6-10-18(11-7-16)32(27,28)25-22-19(29-2)12-13-20(23-22)30-3/h4-13,25H,14H2,1-3H3,(H,24,26). The first-order valence-electron chi connectivity index (χ1n) is 9.45.